The molecule has 2 rings (SSSR count). The van der Waals surface area contributed by atoms with Gasteiger partial charge in [-0.25, -0.2) is 0 Å². The molecule has 18 heavy (non-hydrogen) atoms. The molecule has 4 heteroatoms. The second kappa shape index (κ2) is 5.04. The molecule has 0 aliphatic heterocycles. The highest BCUT2D eigenvalue weighted by Gasteiger charge is 2.08. The van der Waals surface area contributed by atoms with Gasteiger partial charge in [0.2, 0.25) is 0 Å². The molecule has 0 amide bonds. The highest BCUT2D eigenvalue weighted by atomic mass is 16.1. The molecule has 2 heterocycles. The van der Waals surface area contributed by atoms with Gasteiger partial charge < -0.3 is 9.13 Å². The average Bonchev–Trinajstić information content (AvgIpc) is 2.38. The molecule has 0 saturated heterocycles. The summed E-state index contributed by atoms with van der Waals surface area (Å²) in [7, 11) is 0. The van der Waals surface area contributed by atoms with E-state index in [1.807, 2.05) is 26.0 Å². The van der Waals surface area contributed by atoms with Crippen LogP contribution in [0.3, 0.4) is 0 Å². The van der Waals surface area contributed by atoms with E-state index in [9.17, 15) is 9.59 Å². The monoisotopic (exact) mass is 244 g/mol. The quantitative estimate of drug-likeness (QED) is 0.825. The van der Waals surface area contributed by atoms with Crippen molar-refractivity contribution in [3.8, 4) is 11.4 Å². The molecule has 0 spiro atoms. The first-order valence-electron chi connectivity index (χ1n) is 6.09. The minimum Gasteiger partial charge on any atom is -0.307 e. The molecular formula is C14H16N2O2. The third kappa shape index (κ3) is 2.01. The SMILES string of the molecule is CCn1c(-c2cccc(=O)n2CC)cccc1=O. The van der Waals surface area contributed by atoms with Gasteiger partial charge in [0.15, 0.2) is 0 Å². The van der Waals surface area contributed by atoms with Gasteiger partial charge in [0, 0.05) is 25.2 Å². The van der Waals surface area contributed by atoms with Crippen LogP contribution < -0.4 is 11.1 Å². The lowest BCUT2D eigenvalue weighted by molar-refractivity contribution is 0.697. The average molecular weight is 244 g/mol. The van der Waals surface area contributed by atoms with Gasteiger partial charge in [-0.05, 0) is 26.0 Å². The van der Waals surface area contributed by atoms with E-state index in [1.165, 1.54) is 12.1 Å². The highest BCUT2D eigenvalue weighted by molar-refractivity contribution is 5.55. The predicted octanol–water partition coefficient (Wildman–Crippen LogP) is 1.72. The zero-order valence-electron chi connectivity index (χ0n) is 10.6. The van der Waals surface area contributed by atoms with E-state index in [0.29, 0.717) is 13.1 Å². The van der Waals surface area contributed by atoms with Gasteiger partial charge >= 0.3 is 0 Å². The number of rotatable bonds is 3. The Balaban J connectivity index is 2.78. The molecule has 94 valence electrons. The first-order chi connectivity index (χ1) is 8.69. The number of hydrogen-bond donors (Lipinski definition) is 0. The molecule has 2 aromatic heterocycles. The van der Waals surface area contributed by atoms with Crippen molar-refractivity contribution in [2.75, 3.05) is 0 Å². The Morgan fingerprint density at radius 2 is 1.17 bits per heavy atom. The summed E-state index contributed by atoms with van der Waals surface area (Å²) >= 11 is 0. The van der Waals surface area contributed by atoms with E-state index in [4.69, 9.17) is 0 Å². The van der Waals surface area contributed by atoms with Crippen molar-refractivity contribution in [1.82, 2.24) is 9.13 Å². The van der Waals surface area contributed by atoms with Crippen LogP contribution in [0.15, 0.2) is 46.0 Å². The molecule has 0 atom stereocenters. The van der Waals surface area contributed by atoms with E-state index in [0.717, 1.165) is 11.4 Å². The Morgan fingerprint density at radius 1 is 0.778 bits per heavy atom. The molecule has 0 unspecified atom stereocenters. The maximum Gasteiger partial charge on any atom is 0.251 e. The molecule has 4 nitrogen and oxygen atoms in total. The summed E-state index contributed by atoms with van der Waals surface area (Å²) in [6, 6.07) is 10.2. The van der Waals surface area contributed by atoms with E-state index in [1.54, 1.807) is 21.3 Å². The van der Waals surface area contributed by atoms with Gasteiger partial charge in [0.05, 0.1) is 11.4 Å². The normalized spacial score (nSPS) is 10.6. The lowest BCUT2D eigenvalue weighted by atomic mass is 10.2. The van der Waals surface area contributed by atoms with Crippen molar-refractivity contribution in [3.63, 3.8) is 0 Å². The van der Waals surface area contributed by atoms with Gasteiger partial charge in [-0.1, -0.05) is 12.1 Å². The van der Waals surface area contributed by atoms with Crippen molar-refractivity contribution in [3.05, 3.63) is 57.1 Å². The van der Waals surface area contributed by atoms with Crippen LogP contribution in [0.25, 0.3) is 11.4 Å². The van der Waals surface area contributed by atoms with Crippen molar-refractivity contribution < 1.29 is 0 Å². The fourth-order valence-electron chi connectivity index (χ4n) is 2.14. The van der Waals surface area contributed by atoms with Gasteiger partial charge in [0.1, 0.15) is 0 Å². The van der Waals surface area contributed by atoms with Crippen LogP contribution in [0.4, 0.5) is 0 Å². The lowest BCUT2D eigenvalue weighted by Crippen LogP contribution is -2.24. The number of aromatic nitrogens is 2. The fraction of sp³-hybridized carbons (Fsp3) is 0.286. The summed E-state index contributed by atoms with van der Waals surface area (Å²) in [5.41, 5.74) is 1.47. The molecular weight excluding hydrogens is 228 g/mol. The molecule has 0 fully saturated rings. The van der Waals surface area contributed by atoms with E-state index < -0.39 is 0 Å². The summed E-state index contributed by atoms with van der Waals surface area (Å²) in [5, 5.41) is 0. The molecule has 0 bridgehead atoms. The first kappa shape index (κ1) is 12.4. The van der Waals surface area contributed by atoms with E-state index in [2.05, 4.69) is 0 Å². The van der Waals surface area contributed by atoms with Crippen LogP contribution >= 0.6 is 0 Å². The molecule has 0 aliphatic rings. The summed E-state index contributed by atoms with van der Waals surface area (Å²) in [6.45, 7) is 5.01. The standard InChI is InChI=1S/C14H16N2O2/c1-3-15-11(7-5-9-13(15)17)12-8-6-10-14(18)16(12)4-2/h5-10H,3-4H2,1-2H3. The lowest BCUT2D eigenvalue weighted by Gasteiger charge is -2.14. The van der Waals surface area contributed by atoms with Gasteiger partial charge in [0.25, 0.3) is 11.1 Å². The van der Waals surface area contributed by atoms with E-state index >= 15 is 0 Å². The molecule has 0 saturated carbocycles. The Bertz CT molecular complexity index is 608. The zero-order chi connectivity index (χ0) is 13.1. The largest absolute Gasteiger partial charge is 0.307 e. The zero-order valence-corrected chi connectivity index (χ0v) is 10.6. The van der Waals surface area contributed by atoms with Gasteiger partial charge in [-0.3, -0.25) is 9.59 Å². The Hall–Kier alpha value is -2.10. The van der Waals surface area contributed by atoms with Crippen LogP contribution in [-0.4, -0.2) is 9.13 Å². The predicted molar refractivity (Wildman–Crippen MR) is 71.7 cm³/mol. The van der Waals surface area contributed by atoms with Crippen molar-refractivity contribution in [2.24, 2.45) is 0 Å². The topological polar surface area (TPSA) is 44.0 Å². The Labute approximate surface area is 105 Å². The minimum absolute atomic E-state index is 0.0473. The van der Waals surface area contributed by atoms with Gasteiger partial charge in [-0.15, -0.1) is 0 Å². The van der Waals surface area contributed by atoms with Crippen LogP contribution in [0.2, 0.25) is 0 Å². The smallest absolute Gasteiger partial charge is 0.251 e. The van der Waals surface area contributed by atoms with Crippen LogP contribution in [0, 0.1) is 0 Å². The third-order valence-electron chi connectivity index (χ3n) is 2.99. The summed E-state index contributed by atoms with van der Waals surface area (Å²) in [4.78, 5) is 23.6. The summed E-state index contributed by atoms with van der Waals surface area (Å²) < 4.78 is 3.34. The minimum atomic E-state index is -0.0473. The van der Waals surface area contributed by atoms with Gasteiger partial charge in [-0.2, -0.15) is 0 Å². The number of hydrogen-bond acceptors (Lipinski definition) is 2. The summed E-state index contributed by atoms with van der Waals surface area (Å²) in [5.74, 6) is 0. The highest BCUT2D eigenvalue weighted by Crippen LogP contribution is 2.16. The van der Waals surface area contributed by atoms with Crippen molar-refractivity contribution >= 4 is 0 Å². The van der Waals surface area contributed by atoms with Crippen molar-refractivity contribution in [1.29, 1.82) is 0 Å². The molecule has 2 aromatic rings. The third-order valence-corrected chi connectivity index (χ3v) is 2.99. The van der Waals surface area contributed by atoms with Crippen molar-refractivity contribution in [2.45, 2.75) is 26.9 Å². The Morgan fingerprint density at radius 3 is 1.50 bits per heavy atom. The maximum absolute atomic E-state index is 11.8. The number of pyridine rings is 2. The van der Waals surface area contributed by atoms with E-state index in [-0.39, 0.29) is 11.1 Å². The van der Waals surface area contributed by atoms with Crippen LogP contribution in [0.1, 0.15) is 13.8 Å². The molecule has 0 radical (unpaired) electrons. The fourth-order valence-corrected chi connectivity index (χ4v) is 2.14. The number of nitrogens with zero attached hydrogens (tertiary/aromatic N) is 2. The maximum atomic E-state index is 11.8. The first-order valence-corrected chi connectivity index (χ1v) is 6.09. The summed E-state index contributed by atoms with van der Waals surface area (Å²) in [6.07, 6.45) is 0. The second-order valence-corrected chi connectivity index (χ2v) is 3.99. The Kier molecular flexibility index (Phi) is 3.46. The second-order valence-electron chi connectivity index (χ2n) is 3.99. The van der Waals surface area contributed by atoms with Crippen LogP contribution in [0.5, 0.6) is 0 Å². The van der Waals surface area contributed by atoms with Crippen LogP contribution in [-0.2, 0) is 13.1 Å². The molecule has 0 aromatic carbocycles. The molecule has 0 N–H and O–H groups in total. The molecule has 0 aliphatic carbocycles.